The normalized spacial score (nSPS) is 17.3. The third kappa shape index (κ3) is 3.66. The van der Waals surface area contributed by atoms with E-state index in [1.165, 1.54) is 6.92 Å². The van der Waals surface area contributed by atoms with Crippen LogP contribution in [0.2, 0.25) is 0 Å². The number of aryl methyl sites for hydroxylation is 1. The van der Waals surface area contributed by atoms with Gasteiger partial charge in [-0.1, -0.05) is 0 Å². The fourth-order valence-corrected chi connectivity index (χ4v) is 4.07. The SMILES string of the molecule is Cc1cc(S(=O)(=O)N2CCN(CCO)CC2)c(F)cc1[N+](=O)[O-]. The predicted octanol–water partition coefficient (Wildman–Crippen LogP) is 0.341. The Bertz CT molecular complexity index is 702. The molecule has 0 aromatic heterocycles. The minimum absolute atomic E-state index is 0.0110. The lowest BCUT2D eigenvalue weighted by molar-refractivity contribution is -0.385. The molecule has 10 heteroatoms. The van der Waals surface area contributed by atoms with Gasteiger partial charge in [0.2, 0.25) is 10.0 Å². The van der Waals surface area contributed by atoms with E-state index in [4.69, 9.17) is 5.11 Å². The first kappa shape index (κ1) is 17.7. The van der Waals surface area contributed by atoms with Crippen molar-refractivity contribution in [2.45, 2.75) is 11.8 Å². The first-order valence-electron chi connectivity index (χ1n) is 7.05. The van der Waals surface area contributed by atoms with Crippen molar-refractivity contribution in [2.24, 2.45) is 0 Å². The summed E-state index contributed by atoms with van der Waals surface area (Å²) in [5.41, 5.74) is -0.358. The number of halogens is 1. The Labute approximate surface area is 133 Å². The van der Waals surface area contributed by atoms with Crippen LogP contribution in [0.25, 0.3) is 0 Å². The molecule has 8 nitrogen and oxygen atoms in total. The maximum absolute atomic E-state index is 14.1. The molecule has 0 aliphatic carbocycles. The summed E-state index contributed by atoms with van der Waals surface area (Å²) < 4.78 is 40.4. The van der Waals surface area contributed by atoms with Crippen LogP contribution in [-0.2, 0) is 10.0 Å². The molecule has 1 heterocycles. The minimum Gasteiger partial charge on any atom is -0.395 e. The fourth-order valence-electron chi connectivity index (χ4n) is 2.51. The van der Waals surface area contributed by atoms with Gasteiger partial charge in [0.05, 0.1) is 17.6 Å². The number of nitro groups is 1. The zero-order chi connectivity index (χ0) is 17.2. The van der Waals surface area contributed by atoms with Gasteiger partial charge in [-0.15, -0.1) is 0 Å². The van der Waals surface area contributed by atoms with Crippen molar-refractivity contribution in [2.75, 3.05) is 39.3 Å². The van der Waals surface area contributed by atoms with E-state index in [0.29, 0.717) is 25.7 Å². The number of benzene rings is 1. The fraction of sp³-hybridized carbons (Fsp3) is 0.538. The van der Waals surface area contributed by atoms with Gasteiger partial charge in [0.25, 0.3) is 5.69 Å². The quantitative estimate of drug-likeness (QED) is 0.608. The summed E-state index contributed by atoms with van der Waals surface area (Å²) in [6.45, 7) is 3.05. The van der Waals surface area contributed by atoms with Gasteiger partial charge in [-0.05, 0) is 13.0 Å². The zero-order valence-electron chi connectivity index (χ0n) is 12.6. The molecule has 1 aromatic rings. The molecule has 1 N–H and O–H groups in total. The number of aliphatic hydroxyl groups excluding tert-OH is 1. The third-order valence-electron chi connectivity index (χ3n) is 3.81. The number of nitrogens with zero attached hydrogens (tertiary/aromatic N) is 3. The zero-order valence-corrected chi connectivity index (χ0v) is 13.4. The number of sulfonamides is 1. The minimum atomic E-state index is -4.05. The topological polar surface area (TPSA) is 104 Å². The summed E-state index contributed by atoms with van der Waals surface area (Å²) >= 11 is 0. The predicted molar refractivity (Wildman–Crippen MR) is 80.1 cm³/mol. The lowest BCUT2D eigenvalue weighted by Crippen LogP contribution is -2.49. The number of rotatable bonds is 5. The van der Waals surface area contributed by atoms with Crippen LogP contribution in [0.5, 0.6) is 0 Å². The van der Waals surface area contributed by atoms with E-state index in [1.54, 1.807) is 0 Å². The lowest BCUT2D eigenvalue weighted by atomic mass is 10.2. The molecule has 0 spiro atoms. The summed E-state index contributed by atoms with van der Waals surface area (Å²) in [7, 11) is -4.05. The Kier molecular flexibility index (Phi) is 5.30. The average Bonchev–Trinajstić information content (AvgIpc) is 2.49. The Morgan fingerprint density at radius 3 is 2.43 bits per heavy atom. The molecule has 1 aliphatic heterocycles. The van der Waals surface area contributed by atoms with Crippen LogP contribution in [0.4, 0.5) is 10.1 Å². The van der Waals surface area contributed by atoms with Crippen molar-refractivity contribution >= 4 is 15.7 Å². The van der Waals surface area contributed by atoms with E-state index in [1.807, 2.05) is 4.90 Å². The van der Waals surface area contributed by atoms with Crippen molar-refractivity contribution in [1.29, 1.82) is 0 Å². The van der Waals surface area contributed by atoms with Crippen LogP contribution in [0.3, 0.4) is 0 Å². The average molecular weight is 347 g/mol. The van der Waals surface area contributed by atoms with Crippen LogP contribution in [-0.4, -0.2) is 67.0 Å². The highest BCUT2D eigenvalue weighted by atomic mass is 32.2. The molecule has 0 atom stereocenters. The van der Waals surface area contributed by atoms with E-state index in [9.17, 15) is 22.9 Å². The highest BCUT2D eigenvalue weighted by Crippen LogP contribution is 2.27. The van der Waals surface area contributed by atoms with Crippen LogP contribution in [0, 0.1) is 22.9 Å². The van der Waals surface area contributed by atoms with Gasteiger partial charge >= 0.3 is 0 Å². The second-order valence-electron chi connectivity index (χ2n) is 5.30. The molecular weight excluding hydrogens is 329 g/mol. The van der Waals surface area contributed by atoms with Crippen molar-refractivity contribution in [1.82, 2.24) is 9.21 Å². The molecular formula is C13H18FN3O5S. The number of aliphatic hydroxyl groups is 1. The van der Waals surface area contributed by atoms with Crippen LogP contribution < -0.4 is 0 Å². The van der Waals surface area contributed by atoms with E-state index in [2.05, 4.69) is 0 Å². The second kappa shape index (κ2) is 6.87. The molecule has 1 fully saturated rings. The van der Waals surface area contributed by atoms with Crippen LogP contribution in [0.15, 0.2) is 17.0 Å². The van der Waals surface area contributed by atoms with Crippen molar-refractivity contribution in [3.05, 3.63) is 33.6 Å². The first-order valence-corrected chi connectivity index (χ1v) is 8.49. The van der Waals surface area contributed by atoms with Gasteiger partial charge in [0.15, 0.2) is 0 Å². The molecule has 0 amide bonds. The van der Waals surface area contributed by atoms with Crippen molar-refractivity contribution < 1.29 is 22.8 Å². The number of hydrogen-bond acceptors (Lipinski definition) is 6. The van der Waals surface area contributed by atoms with Gasteiger partial charge in [-0.2, -0.15) is 4.31 Å². The van der Waals surface area contributed by atoms with E-state index >= 15 is 0 Å². The maximum Gasteiger partial charge on any atom is 0.275 e. The maximum atomic E-state index is 14.1. The molecule has 128 valence electrons. The third-order valence-corrected chi connectivity index (χ3v) is 5.73. The molecule has 2 rings (SSSR count). The van der Waals surface area contributed by atoms with Gasteiger partial charge in [-0.25, -0.2) is 12.8 Å². The van der Waals surface area contributed by atoms with E-state index < -0.39 is 31.3 Å². The second-order valence-corrected chi connectivity index (χ2v) is 7.20. The first-order chi connectivity index (χ1) is 10.8. The number of β-amino-alcohol motifs (C(OH)–C–C–N with tert-alkyl or cyclic N) is 1. The Hall–Kier alpha value is -1.62. The molecule has 1 saturated heterocycles. The van der Waals surface area contributed by atoms with Gasteiger partial charge < -0.3 is 5.11 Å². The lowest BCUT2D eigenvalue weighted by Gasteiger charge is -2.33. The van der Waals surface area contributed by atoms with Crippen LogP contribution >= 0.6 is 0 Å². The van der Waals surface area contributed by atoms with Crippen molar-refractivity contribution in [3.63, 3.8) is 0 Å². The molecule has 23 heavy (non-hydrogen) atoms. The van der Waals surface area contributed by atoms with E-state index in [-0.39, 0.29) is 25.3 Å². The molecule has 0 bridgehead atoms. The highest BCUT2D eigenvalue weighted by Gasteiger charge is 2.32. The number of hydrogen-bond donors (Lipinski definition) is 1. The van der Waals surface area contributed by atoms with Gasteiger partial charge in [0.1, 0.15) is 10.7 Å². The summed E-state index contributed by atoms with van der Waals surface area (Å²) in [5, 5.41) is 19.7. The molecule has 0 saturated carbocycles. The summed E-state index contributed by atoms with van der Waals surface area (Å²) in [5.74, 6) is -1.12. The monoisotopic (exact) mass is 347 g/mol. The molecule has 0 radical (unpaired) electrons. The standard InChI is InChI=1S/C13H18FN3O5S/c1-10-8-13(11(14)9-12(10)17(19)20)23(21,22)16-4-2-15(3-5-16)6-7-18/h8-9,18H,2-7H2,1H3. The largest absolute Gasteiger partial charge is 0.395 e. The van der Waals surface area contributed by atoms with Crippen molar-refractivity contribution in [3.8, 4) is 0 Å². The van der Waals surface area contributed by atoms with Gasteiger partial charge in [0, 0.05) is 38.3 Å². The Morgan fingerprint density at radius 1 is 1.30 bits per heavy atom. The summed E-state index contributed by atoms with van der Waals surface area (Å²) in [6.07, 6.45) is 0. The molecule has 0 unspecified atom stereocenters. The molecule has 1 aliphatic rings. The smallest absolute Gasteiger partial charge is 0.275 e. The number of nitro benzene ring substituents is 1. The van der Waals surface area contributed by atoms with Gasteiger partial charge in [-0.3, -0.25) is 15.0 Å². The number of piperazine rings is 1. The molecule has 1 aromatic carbocycles. The Morgan fingerprint density at radius 2 is 1.91 bits per heavy atom. The summed E-state index contributed by atoms with van der Waals surface area (Å²) in [6, 6.07) is 1.65. The highest BCUT2D eigenvalue weighted by molar-refractivity contribution is 7.89. The van der Waals surface area contributed by atoms with Crippen LogP contribution in [0.1, 0.15) is 5.56 Å². The van der Waals surface area contributed by atoms with E-state index in [0.717, 1.165) is 10.4 Å². The Balaban J connectivity index is 2.27. The summed E-state index contributed by atoms with van der Waals surface area (Å²) in [4.78, 5) is 11.4.